The molecule has 0 bridgehead atoms. The minimum absolute atomic E-state index is 0.177. The molecule has 13 heavy (non-hydrogen) atoms. The molecule has 1 unspecified atom stereocenters. The van der Waals surface area contributed by atoms with Gasteiger partial charge in [-0.05, 0) is 18.9 Å². The molecule has 0 spiro atoms. The van der Waals surface area contributed by atoms with Crippen LogP contribution < -0.4 is 5.32 Å². The van der Waals surface area contributed by atoms with Crippen molar-refractivity contribution in [2.45, 2.75) is 25.7 Å². The van der Waals surface area contributed by atoms with Crippen LogP contribution in [0.3, 0.4) is 0 Å². The van der Waals surface area contributed by atoms with Crippen molar-refractivity contribution in [3.8, 4) is 0 Å². The molecule has 0 aromatic carbocycles. The van der Waals surface area contributed by atoms with Crippen molar-refractivity contribution < 1.29 is 0 Å². The van der Waals surface area contributed by atoms with E-state index in [0.717, 1.165) is 25.3 Å². The number of nitrogens with zero attached hydrogens (tertiary/aromatic N) is 2. The van der Waals surface area contributed by atoms with E-state index in [0.29, 0.717) is 5.92 Å². The molecule has 1 saturated heterocycles. The van der Waals surface area contributed by atoms with Crippen LogP contribution in [0, 0.1) is 5.92 Å². The quantitative estimate of drug-likeness (QED) is 0.704. The first-order valence-electron chi connectivity index (χ1n) is 4.82. The Kier molecular flexibility index (Phi) is 2.07. The van der Waals surface area contributed by atoms with Gasteiger partial charge in [0.15, 0.2) is 0 Å². The van der Waals surface area contributed by atoms with Gasteiger partial charge in [-0.2, -0.15) is 5.10 Å². The normalized spacial score (nSPS) is 28.5. The molecule has 2 N–H and O–H groups in total. The summed E-state index contributed by atoms with van der Waals surface area (Å²) in [6.45, 7) is 6.59. The lowest BCUT2D eigenvalue weighted by molar-refractivity contribution is 0.318. The minimum atomic E-state index is 0.177. The van der Waals surface area contributed by atoms with Crippen molar-refractivity contribution in [3.63, 3.8) is 0 Å². The topological polar surface area (TPSA) is 53.6 Å². The third kappa shape index (κ3) is 1.25. The molecule has 2 rings (SSSR count). The summed E-state index contributed by atoms with van der Waals surface area (Å²) in [7, 11) is 0. The third-order valence-corrected chi connectivity index (χ3v) is 3.18. The highest BCUT2D eigenvalue weighted by Gasteiger charge is 2.40. The Balaban J connectivity index is 2.33. The number of nitrogens with one attached hydrogen (secondary N) is 2. The van der Waals surface area contributed by atoms with E-state index >= 15 is 0 Å². The second-order valence-electron chi connectivity index (χ2n) is 4.07. The highest BCUT2D eigenvalue weighted by atomic mass is 15.2. The van der Waals surface area contributed by atoms with Crippen LogP contribution in [0.2, 0.25) is 0 Å². The van der Waals surface area contributed by atoms with Gasteiger partial charge in [-0.15, -0.1) is 0 Å². The summed E-state index contributed by atoms with van der Waals surface area (Å²) in [5, 5.41) is 10.3. The number of aromatic amines is 1. The largest absolute Gasteiger partial charge is 0.316 e. The molecule has 0 amide bonds. The monoisotopic (exact) mass is 180 g/mol. The molecule has 0 radical (unpaired) electrons. The highest BCUT2D eigenvalue weighted by molar-refractivity contribution is 5.12. The van der Waals surface area contributed by atoms with Crippen LogP contribution in [0.5, 0.6) is 0 Å². The predicted octanol–water partition coefficient (Wildman–Crippen LogP) is 0.692. The molecule has 4 nitrogen and oxygen atoms in total. The van der Waals surface area contributed by atoms with Crippen molar-refractivity contribution in [2.24, 2.45) is 5.92 Å². The molecule has 2 heterocycles. The first-order valence-corrected chi connectivity index (χ1v) is 4.82. The molecule has 1 aliphatic rings. The molecule has 1 aromatic rings. The van der Waals surface area contributed by atoms with Gasteiger partial charge in [-0.25, -0.2) is 4.98 Å². The van der Waals surface area contributed by atoms with Crippen LogP contribution in [0.4, 0.5) is 0 Å². The SMILES string of the molecule is CC(C)C1(c2ncn[nH]2)CCNC1. The van der Waals surface area contributed by atoms with Gasteiger partial charge < -0.3 is 5.32 Å². The molecule has 4 heteroatoms. The van der Waals surface area contributed by atoms with Crippen LogP contribution in [0.25, 0.3) is 0 Å². The summed E-state index contributed by atoms with van der Waals surface area (Å²) in [6, 6.07) is 0. The molecular formula is C9H16N4. The summed E-state index contributed by atoms with van der Waals surface area (Å²) < 4.78 is 0. The fourth-order valence-electron chi connectivity index (χ4n) is 2.13. The molecule has 0 saturated carbocycles. The third-order valence-electron chi connectivity index (χ3n) is 3.18. The summed E-state index contributed by atoms with van der Waals surface area (Å²) in [6.07, 6.45) is 2.75. The van der Waals surface area contributed by atoms with Crippen LogP contribution in [0.15, 0.2) is 6.33 Å². The van der Waals surface area contributed by atoms with Crippen molar-refractivity contribution in [3.05, 3.63) is 12.2 Å². The van der Waals surface area contributed by atoms with Gasteiger partial charge in [-0.1, -0.05) is 13.8 Å². The molecule has 1 aliphatic heterocycles. The van der Waals surface area contributed by atoms with E-state index in [4.69, 9.17) is 0 Å². The first kappa shape index (κ1) is 8.69. The Morgan fingerprint density at radius 2 is 2.38 bits per heavy atom. The summed E-state index contributed by atoms with van der Waals surface area (Å²) in [5.41, 5.74) is 0.177. The fraction of sp³-hybridized carbons (Fsp3) is 0.778. The van der Waals surface area contributed by atoms with Crippen molar-refractivity contribution in [1.29, 1.82) is 0 Å². The zero-order valence-corrected chi connectivity index (χ0v) is 8.17. The van der Waals surface area contributed by atoms with E-state index in [1.807, 2.05) is 0 Å². The van der Waals surface area contributed by atoms with Gasteiger partial charge in [-0.3, -0.25) is 5.10 Å². The Bertz CT molecular complexity index is 259. The van der Waals surface area contributed by atoms with Crippen LogP contribution in [0.1, 0.15) is 26.1 Å². The van der Waals surface area contributed by atoms with Gasteiger partial charge in [0.05, 0.1) is 0 Å². The molecule has 1 fully saturated rings. The van der Waals surface area contributed by atoms with Crippen LogP contribution in [-0.4, -0.2) is 28.3 Å². The lowest BCUT2D eigenvalue weighted by Gasteiger charge is -2.29. The standard InChI is InChI=1S/C9H16N4/c1-7(2)9(3-4-10-5-9)8-11-6-12-13-8/h6-7,10H,3-5H2,1-2H3,(H,11,12,13). The van der Waals surface area contributed by atoms with E-state index in [1.54, 1.807) is 6.33 Å². The maximum Gasteiger partial charge on any atom is 0.137 e. The second-order valence-corrected chi connectivity index (χ2v) is 4.07. The van der Waals surface area contributed by atoms with Crippen molar-refractivity contribution in [2.75, 3.05) is 13.1 Å². The maximum absolute atomic E-state index is 4.28. The number of hydrogen-bond donors (Lipinski definition) is 2. The molecule has 0 aliphatic carbocycles. The van der Waals surface area contributed by atoms with E-state index in [1.165, 1.54) is 0 Å². The van der Waals surface area contributed by atoms with Gasteiger partial charge >= 0.3 is 0 Å². The van der Waals surface area contributed by atoms with Gasteiger partial charge in [0.25, 0.3) is 0 Å². The first-order chi connectivity index (χ1) is 6.26. The molecule has 1 aromatic heterocycles. The Morgan fingerprint density at radius 3 is 2.85 bits per heavy atom. The lowest BCUT2D eigenvalue weighted by Crippen LogP contribution is -2.35. The zero-order valence-electron chi connectivity index (χ0n) is 8.17. The number of aromatic nitrogens is 3. The molecule has 72 valence electrons. The number of hydrogen-bond acceptors (Lipinski definition) is 3. The maximum atomic E-state index is 4.28. The lowest BCUT2D eigenvalue weighted by atomic mass is 9.76. The Morgan fingerprint density at radius 1 is 1.54 bits per heavy atom. The molecular weight excluding hydrogens is 164 g/mol. The second kappa shape index (κ2) is 3.10. The predicted molar refractivity (Wildman–Crippen MR) is 50.4 cm³/mol. The average Bonchev–Trinajstić information content (AvgIpc) is 2.75. The van der Waals surface area contributed by atoms with Gasteiger partial charge in [0, 0.05) is 12.0 Å². The number of H-pyrrole nitrogens is 1. The van der Waals surface area contributed by atoms with Crippen molar-refractivity contribution >= 4 is 0 Å². The van der Waals surface area contributed by atoms with Gasteiger partial charge in [0.2, 0.25) is 0 Å². The summed E-state index contributed by atoms with van der Waals surface area (Å²) in [5.74, 6) is 1.63. The zero-order chi connectivity index (χ0) is 9.31. The Labute approximate surface area is 78.1 Å². The van der Waals surface area contributed by atoms with E-state index < -0.39 is 0 Å². The van der Waals surface area contributed by atoms with Crippen molar-refractivity contribution in [1.82, 2.24) is 20.5 Å². The van der Waals surface area contributed by atoms with Gasteiger partial charge in [0.1, 0.15) is 12.2 Å². The number of rotatable bonds is 2. The average molecular weight is 180 g/mol. The highest BCUT2D eigenvalue weighted by Crippen LogP contribution is 2.35. The Hall–Kier alpha value is -0.900. The van der Waals surface area contributed by atoms with Crippen LogP contribution in [-0.2, 0) is 5.41 Å². The summed E-state index contributed by atoms with van der Waals surface area (Å²) >= 11 is 0. The van der Waals surface area contributed by atoms with E-state index in [2.05, 4.69) is 34.3 Å². The summed E-state index contributed by atoms with van der Waals surface area (Å²) in [4.78, 5) is 4.28. The molecule has 1 atom stereocenters. The van der Waals surface area contributed by atoms with E-state index in [9.17, 15) is 0 Å². The van der Waals surface area contributed by atoms with E-state index in [-0.39, 0.29) is 5.41 Å². The van der Waals surface area contributed by atoms with Crippen LogP contribution >= 0.6 is 0 Å². The minimum Gasteiger partial charge on any atom is -0.316 e. The smallest absolute Gasteiger partial charge is 0.137 e. The fourth-order valence-corrected chi connectivity index (χ4v) is 2.13.